The van der Waals surface area contributed by atoms with Crippen molar-refractivity contribution in [2.75, 3.05) is 0 Å². The Kier molecular flexibility index (Phi) is 3.53. The second-order valence-electron chi connectivity index (χ2n) is 5.08. The molecule has 0 aliphatic heterocycles. The highest BCUT2D eigenvalue weighted by atomic mass is 35.5. The van der Waals surface area contributed by atoms with Gasteiger partial charge in [-0.2, -0.15) is 0 Å². The van der Waals surface area contributed by atoms with E-state index in [2.05, 4.69) is 0 Å². The Hall–Kier alpha value is -2.01. The van der Waals surface area contributed by atoms with Gasteiger partial charge in [0.1, 0.15) is 0 Å². The Morgan fingerprint density at radius 1 is 0.913 bits per heavy atom. The fraction of sp³-hybridized carbons (Fsp3) is 0. The molecule has 0 amide bonds. The molecule has 0 saturated heterocycles. The first kappa shape index (κ1) is 14.6. The van der Waals surface area contributed by atoms with E-state index in [1.54, 1.807) is 30.3 Å². The molecule has 0 spiro atoms. The van der Waals surface area contributed by atoms with Gasteiger partial charge in [-0.25, -0.2) is 0 Å². The third kappa shape index (κ3) is 2.49. The molecular formula is C18H9ClO2S2. The van der Waals surface area contributed by atoms with Gasteiger partial charge < -0.3 is 0 Å². The normalized spacial score (nSPS) is 11.2. The Labute approximate surface area is 144 Å². The van der Waals surface area contributed by atoms with E-state index < -0.39 is 0 Å². The van der Waals surface area contributed by atoms with E-state index in [1.807, 2.05) is 24.3 Å². The van der Waals surface area contributed by atoms with Crippen molar-refractivity contribution in [2.24, 2.45) is 0 Å². The van der Waals surface area contributed by atoms with Crippen LogP contribution in [0.1, 0.15) is 15.2 Å². The van der Waals surface area contributed by atoms with Crippen LogP contribution in [0.3, 0.4) is 0 Å². The first-order valence-corrected chi connectivity index (χ1v) is 8.90. The Morgan fingerprint density at radius 3 is 2.48 bits per heavy atom. The van der Waals surface area contributed by atoms with Gasteiger partial charge in [-0.1, -0.05) is 41.9 Å². The number of hydrogen-bond donors (Lipinski definition) is 0. The van der Waals surface area contributed by atoms with E-state index in [-0.39, 0.29) is 11.2 Å². The van der Waals surface area contributed by atoms with Crippen molar-refractivity contribution in [2.45, 2.75) is 0 Å². The molecule has 0 fully saturated rings. The lowest BCUT2D eigenvalue weighted by molar-refractivity contribution is 0.104. The third-order valence-corrected chi connectivity index (χ3v) is 6.24. The highest BCUT2D eigenvalue weighted by Crippen LogP contribution is 2.33. The van der Waals surface area contributed by atoms with E-state index in [4.69, 9.17) is 11.6 Å². The maximum Gasteiger partial charge on any atom is 0.203 e. The van der Waals surface area contributed by atoms with Gasteiger partial charge in [-0.3, -0.25) is 9.59 Å². The molecule has 2 nitrogen and oxygen atoms in total. The quantitative estimate of drug-likeness (QED) is 0.453. The van der Waals surface area contributed by atoms with E-state index in [9.17, 15) is 9.59 Å². The summed E-state index contributed by atoms with van der Waals surface area (Å²) in [5, 5.41) is 1.73. The number of carbonyl (C=O) groups is 1. The summed E-state index contributed by atoms with van der Waals surface area (Å²) >= 11 is 8.88. The molecule has 0 N–H and O–H groups in total. The Morgan fingerprint density at radius 2 is 1.70 bits per heavy atom. The van der Waals surface area contributed by atoms with Crippen LogP contribution in [0, 0.1) is 0 Å². The lowest BCUT2D eigenvalue weighted by atomic mass is 10.1. The number of fused-ring (bicyclic) bond motifs is 2. The smallest absolute Gasteiger partial charge is 0.203 e. The summed E-state index contributed by atoms with van der Waals surface area (Å²) in [6, 6.07) is 16.1. The number of halogens is 1. The molecular weight excluding hydrogens is 348 g/mol. The molecule has 0 aliphatic carbocycles. The van der Waals surface area contributed by atoms with E-state index in [0.717, 1.165) is 8.71 Å². The summed E-state index contributed by atoms with van der Waals surface area (Å²) in [5.74, 6) is -0.0551. The highest BCUT2D eigenvalue weighted by molar-refractivity contribution is 7.41. The summed E-state index contributed by atoms with van der Waals surface area (Å²) < 4.78 is 1.75. The summed E-state index contributed by atoms with van der Waals surface area (Å²) in [6.45, 7) is 0. The molecule has 0 saturated carbocycles. The van der Waals surface area contributed by atoms with E-state index in [1.165, 1.54) is 22.7 Å². The van der Waals surface area contributed by atoms with Gasteiger partial charge in [-0.05, 0) is 24.3 Å². The first-order valence-electron chi connectivity index (χ1n) is 6.89. The number of hydrogen-bond acceptors (Lipinski definition) is 4. The SMILES string of the molecule is O=C(c1ccccc1)c1cc2c(=O)c3cc(Cl)ccc3sc2s1. The Bertz CT molecular complexity index is 1110. The number of thiophene rings is 1. The average Bonchev–Trinajstić information content (AvgIpc) is 3.00. The lowest BCUT2D eigenvalue weighted by Crippen LogP contribution is -2.00. The van der Waals surface area contributed by atoms with Crippen molar-refractivity contribution in [3.05, 3.63) is 80.3 Å². The van der Waals surface area contributed by atoms with Crippen LogP contribution in [0.25, 0.3) is 19.5 Å². The molecule has 112 valence electrons. The van der Waals surface area contributed by atoms with Crippen LogP contribution in [0.4, 0.5) is 0 Å². The second-order valence-corrected chi connectivity index (χ2v) is 7.88. The van der Waals surface area contributed by atoms with Gasteiger partial charge >= 0.3 is 0 Å². The molecule has 0 unspecified atom stereocenters. The van der Waals surface area contributed by atoms with Crippen molar-refractivity contribution in [1.29, 1.82) is 0 Å². The van der Waals surface area contributed by atoms with Crippen LogP contribution in [0.15, 0.2) is 59.4 Å². The van der Waals surface area contributed by atoms with Gasteiger partial charge in [0.25, 0.3) is 0 Å². The van der Waals surface area contributed by atoms with Crippen LogP contribution in [-0.4, -0.2) is 5.78 Å². The van der Waals surface area contributed by atoms with E-state index in [0.29, 0.717) is 26.2 Å². The molecule has 5 heteroatoms. The molecule has 2 aromatic heterocycles. The van der Waals surface area contributed by atoms with Crippen LogP contribution in [0.2, 0.25) is 5.02 Å². The summed E-state index contributed by atoms with van der Waals surface area (Å²) in [5.41, 5.74) is 0.559. The van der Waals surface area contributed by atoms with Crippen molar-refractivity contribution >= 4 is 59.5 Å². The average molecular weight is 357 g/mol. The molecule has 23 heavy (non-hydrogen) atoms. The van der Waals surface area contributed by atoms with Crippen LogP contribution >= 0.6 is 34.3 Å². The molecule has 2 aromatic carbocycles. The number of benzene rings is 2. The zero-order valence-electron chi connectivity index (χ0n) is 11.7. The fourth-order valence-electron chi connectivity index (χ4n) is 2.47. The third-order valence-electron chi connectivity index (χ3n) is 3.59. The molecule has 2 heterocycles. The lowest BCUT2D eigenvalue weighted by Gasteiger charge is -1.97. The summed E-state index contributed by atoms with van der Waals surface area (Å²) in [6.07, 6.45) is 0. The largest absolute Gasteiger partial charge is 0.288 e. The number of ketones is 1. The van der Waals surface area contributed by atoms with Gasteiger partial charge in [0.2, 0.25) is 5.78 Å². The molecule has 0 bridgehead atoms. The second kappa shape index (κ2) is 5.57. The van der Waals surface area contributed by atoms with Gasteiger partial charge in [0, 0.05) is 20.7 Å². The number of carbonyl (C=O) groups excluding carboxylic acids is 1. The maximum absolute atomic E-state index is 12.7. The van der Waals surface area contributed by atoms with Crippen molar-refractivity contribution in [1.82, 2.24) is 0 Å². The minimum atomic E-state index is -0.0698. The van der Waals surface area contributed by atoms with Gasteiger partial charge in [0.15, 0.2) is 5.43 Å². The maximum atomic E-state index is 12.7. The predicted octanol–water partition coefficient (Wildman–Crippen LogP) is 5.36. The zero-order chi connectivity index (χ0) is 16.0. The molecule has 4 rings (SSSR count). The highest BCUT2D eigenvalue weighted by Gasteiger charge is 2.16. The zero-order valence-corrected chi connectivity index (χ0v) is 14.1. The molecule has 0 aliphatic rings. The Balaban J connectivity index is 1.94. The fourth-order valence-corrected chi connectivity index (χ4v) is 5.05. The molecule has 0 radical (unpaired) electrons. The van der Waals surface area contributed by atoms with Gasteiger partial charge in [0.05, 0.1) is 14.3 Å². The van der Waals surface area contributed by atoms with Crippen LogP contribution in [-0.2, 0) is 0 Å². The van der Waals surface area contributed by atoms with Crippen molar-refractivity contribution < 1.29 is 4.79 Å². The van der Waals surface area contributed by atoms with Crippen molar-refractivity contribution in [3.8, 4) is 0 Å². The first-order chi connectivity index (χ1) is 11.1. The van der Waals surface area contributed by atoms with Crippen molar-refractivity contribution in [3.63, 3.8) is 0 Å². The standard InChI is InChI=1S/C18H9ClO2S2/c19-11-6-7-14-12(8-11)17(21)13-9-15(23-18(13)22-14)16(20)10-4-2-1-3-5-10/h1-9H. The van der Waals surface area contributed by atoms with Crippen LogP contribution < -0.4 is 5.43 Å². The minimum Gasteiger partial charge on any atom is -0.288 e. The predicted molar refractivity (Wildman–Crippen MR) is 98.4 cm³/mol. The summed E-state index contributed by atoms with van der Waals surface area (Å²) in [4.78, 5) is 25.8. The minimum absolute atomic E-state index is 0.0551. The monoisotopic (exact) mass is 356 g/mol. The van der Waals surface area contributed by atoms with Gasteiger partial charge in [-0.15, -0.1) is 22.7 Å². The van der Waals surface area contributed by atoms with E-state index >= 15 is 0 Å². The summed E-state index contributed by atoms with van der Waals surface area (Å²) in [7, 11) is 0. The number of rotatable bonds is 2. The molecule has 4 aromatic rings. The topological polar surface area (TPSA) is 34.1 Å². The van der Waals surface area contributed by atoms with Crippen LogP contribution in [0.5, 0.6) is 0 Å². The molecule has 0 atom stereocenters.